The molecule has 0 aromatic heterocycles. The fourth-order valence-corrected chi connectivity index (χ4v) is 2.66. The fourth-order valence-electron chi connectivity index (χ4n) is 2.26. The van der Waals surface area contributed by atoms with E-state index < -0.39 is 0 Å². The summed E-state index contributed by atoms with van der Waals surface area (Å²) >= 11 is 3.61. The van der Waals surface area contributed by atoms with Crippen LogP contribution < -0.4 is 5.32 Å². The number of halogens is 1. The SMILES string of the molecule is CNC(c1ccc(C)c(C)c1)c1ccc(C)c(Br)c1. The standard InChI is InChI=1S/C17H20BrN/c1-11-5-7-14(9-13(11)3)17(19-4)15-8-6-12(2)16(18)10-15/h5-10,17,19H,1-4H3. The van der Waals surface area contributed by atoms with E-state index >= 15 is 0 Å². The molecule has 2 rings (SSSR count). The van der Waals surface area contributed by atoms with E-state index in [0.717, 1.165) is 4.47 Å². The Kier molecular flexibility index (Phi) is 4.43. The number of hydrogen-bond donors (Lipinski definition) is 1. The minimum Gasteiger partial charge on any atom is -0.309 e. The molecule has 0 saturated carbocycles. The van der Waals surface area contributed by atoms with Crippen molar-refractivity contribution in [2.45, 2.75) is 26.8 Å². The maximum Gasteiger partial charge on any atom is 0.0574 e. The van der Waals surface area contributed by atoms with Gasteiger partial charge in [0.1, 0.15) is 0 Å². The first-order valence-corrected chi connectivity index (χ1v) is 7.32. The average Bonchev–Trinajstić information content (AvgIpc) is 2.39. The van der Waals surface area contributed by atoms with Gasteiger partial charge in [0.25, 0.3) is 0 Å². The van der Waals surface area contributed by atoms with Crippen LogP contribution in [0.15, 0.2) is 40.9 Å². The normalized spacial score (nSPS) is 12.5. The summed E-state index contributed by atoms with van der Waals surface area (Å²) in [5, 5.41) is 3.41. The molecule has 0 aliphatic rings. The molecule has 0 radical (unpaired) electrons. The molecule has 0 aliphatic carbocycles. The third-order valence-electron chi connectivity index (χ3n) is 3.68. The van der Waals surface area contributed by atoms with Crippen LogP contribution in [0.1, 0.15) is 33.9 Å². The monoisotopic (exact) mass is 317 g/mol. The van der Waals surface area contributed by atoms with Crippen LogP contribution >= 0.6 is 15.9 Å². The molecular formula is C17H20BrN. The Labute approximate surface area is 124 Å². The third kappa shape index (κ3) is 3.07. The third-order valence-corrected chi connectivity index (χ3v) is 4.54. The summed E-state index contributed by atoms with van der Waals surface area (Å²) in [5.74, 6) is 0. The second kappa shape index (κ2) is 5.89. The molecule has 0 aliphatic heterocycles. The van der Waals surface area contributed by atoms with E-state index in [1.54, 1.807) is 0 Å². The molecule has 19 heavy (non-hydrogen) atoms. The molecule has 2 aromatic rings. The van der Waals surface area contributed by atoms with Gasteiger partial charge in [-0.25, -0.2) is 0 Å². The largest absolute Gasteiger partial charge is 0.309 e. The van der Waals surface area contributed by atoms with Gasteiger partial charge in [-0.2, -0.15) is 0 Å². The van der Waals surface area contributed by atoms with Crippen LogP contribution in [0.25, 0.3) is 0 Å². The van der Waals surface area contributed by atoms with Crippen molar-refractivity contribution in [1.82, 2.24) is 5.32 Å². The molecule has 0 bridgehead atoms. The lowest BCUT2D eigenvalue weighted by atomic mass is 9.95. The Balaban J connectivity index is 2.43. The van der Waals surface area contributed by atoms with Gasteiger partial charge in [0.15, 0.2) is 0 Å². The van der Waals surface area contributed by atoms with E-state index in [2.05, 4.69) is 78.4 Å². The smallest absolute Gasteiger partial charge is 0.0574 e. The molecule has 1 unspecified atom stereocenters. The lowest BCUT2D eigenvalue weighted by Crippen LogP contribution is -2.18. The van der Waals surface area contributed by atoms with E-state index in [1.807, 2.05) is 7.05 Å². The van der Waals surface area contributed by atoms with Gasteiger partial charge in [-0.15, -0.1) is 0 Å². The highest BCUT2D eigenvalue weighted by atomic mass is 79.9. The van der Waals surface area contributed by atoms with Gasteiger partial charge in [0.2, 0.25) is 0 Å². The van der Waals surface area contributed by atoms with Gasteiger partial charge in [0.05, 0.1) is 6.04 Å². The molecular weight excluding hydrogens is 298 g/mol. The number of rotatable bonds is 3. The summed E-state index contributed by atoms with van der Waals surface area (Å²) in [6, 6.07) is 13.4. The predicted octanol–water partition coefficient (Wildman–Crippen LogP) is 4.68. The highest BCUT2D eigenvalue weighted by Gasteiger charge is 2.13. The van der Waals surface area contributed by atoms with Crippen LogP contribution in [0.3, 0.4) is 0 Å². The molecule has 0 spiro atoms. The molecule has 1 atom stereocenters. The Morgan fingerprint density at radius 1 is 0.842 bits per heavy atom. The van der Waals surface area contributed by atoms with Crippen molar-refractivity contribution in [2.75, 3.05) is 7.05 Å². The molecule has 0 saturated heterocycles. The molecule has 0 fully saturated rings. The number of aryl methyl sites for hydroxylation is 3. The Hall–Kier alpha value is -1.12. The minimum atomic E-state index is 0.233. The van der Waals surface area contributed by atoms with Gasteiger partial charge < -0.3 is 5.32 Å². The maximum absolute atomic E-state index is 3.61. The molecule has 2 heteroatoms. The van der Waals surface area contributed by atoms with E-state index in [4.69, 9.17) is 0 Å². The Morgan fingerprint density at radius 3 is 1.95 bits per heavy atom. The van der Waals surface area contributed by atoms with Crippen molar-refractivity contribution in [2.24, 2.45) is 0 Å². The first kappa shape index (κ1) is 14.3. The summed E-state index contributed by atoms with van der Waals surface area (Å²) in [4.78, 5) is 0. The average molecular weight is 318 g/mol. The van der Waals surface area contributed by atoms with Crippen molar-refractivity contribution in [3.8, 4) is 0 Å². The Morgan fingerprint density at radius 2 is 1.42 bits per heavy atom. The van der Waals surface area contributed by atoms with E-state index in [-0.39, 0.29) is 6.04 Å². The molecule has 0 amide bonds. The van der Waals surface area contributed by atoms with Gasteiger partial charge >= 0.3 is 0 Å². The molecule has 1 nitrogen and oxygen atoms in total. The van der Waals surface area contributed by atoms with Crippen molar-refractivity contribution < 1.29 is 0 Å². The van der Waals surface area contributed by atoms with E-state index in [9.17, 15) is 0 Å². The summed E-state index contributed by atoms with van der Waals surface area (Å²) in [6.45, 7) is 6.42. The lowest BCUT2D eigenvalue weighted by molar-refractivity contribution is 0.690. The zero-order valence-electron chi connectivity index (χ0n) is 11.9. The van der Waals surface area contributed by atoms with Gasteiger partial charge in [-0.1, -0.05) is 46.3 Å². The summed E-state index contributed by atoms with van der Waals surface area (Å²) < 4.78 is 1.16. The fraction of sp³-hybridized carbons (Fsp3) is 0.294. The van der Waals surface area contributed by atoms with E-state index in [1.165, 1.54) is 27.8 Å². The molecule has 100 valence electrons. The van der Waals surface area contributed by atoms with Gasteiger partial charge in [-0.05, 0) is 61.7 Å². The zero-order chi connectivity index (χ0) is 14.0. The molecule has 1 N–H and O–H groups in total. The van der Waals surface area contributed by atoms with E-state index in [0.29, 0.717) is 0 Å². The second-order valence-corrected chi connectivity index (χ2v) is 5.93. The minimum absolute atomic E-state index is 0.233. The summed E-state index contributed by atoms with van der Waals surface area (Å²) in [6.07, 6.45) is 0. The van der Waals surface area contributed by atoms with Crippen molar-refractivity contribution in [1.29, 1.82) is 0 Å². The van der Waals surface area contributed by atoms with Crippen molar-refractivity contribution in [3.63, 3.8) is 0 Å². The highest BCUT2D eigenvalue weighted by Crippen LogP contribution is 2.27. The van der Waals surface area contributed by atoms with Crippen LogP contribution in [0.5, 0.6) is 0 Å². The van der Waals surface area contributed by atoms with Crippen molar-refractivity contribution >= 4 is 15.9 Å². The zero-order valence-corrected chi connectivity index (χ0v) is 13.5. The highest BCUT2D eigenvalue weighted by molar-refractivity contribution is 9.10. The summed E-state index contributed by atoms with van der Waals surface area (Å²) in [7, 11) is 2.01. The van der Waals surface area contributed by atoms with Gasteiger partial charge in [0, 0.05) is 4.47 Å². The van der Waals surface area contributed by atoms with Crippen LogP contribution in [-0.4, -0.2) is 7.05 Å². The molecule has 0 heterocycles. The number of hydrogen-bond acceptors (Lipinski definition) is 1. The first-order valence-electron chi connectivity index (χ1n) is 6.53. The number of nitrogens with one attached hydrogen (secondary N) is 1. The van der Waals surface area contributed by atoms with Gasteiger partial charge in [-0.3, -0.25) is 0 Å². The van der Waals surface area contributed by atoms with Crippen LogP contribution in [0, 0.1) is 20.8 Å². The molecule has 2 aromatic carbocycles. The Bertz CT molecular complexity index is 538. The van der Waals surface area contributed by atoms with Crippen LogP contribution in [0.4, 0.5) is 0 Å². The topological polar surface area (TPSA) is 12.0 Å². The van der Waals surface area contributed by atoms with Crippen LogP contribution in [-0.2, 0) is 0 Å². The maximum atomic E-state index is 3.61. The quantitative estimate of drug-likeness (QED) is 0.866. The summed E-state index contributed by atoms with van der Waals surface area (Å²) in [5.41, 5.74) is 6.52. The predicted molar refractivity (Wildman–Crippen MR) is 85.7 cm³/mol. The lowest BCUT2D eigenvalue weighted by Gasteiger charge is -2.19. The van der Waals surface area contributed by atoms with Crippen molar-refractivity contribution in [3.05, 3.63) is 68.7 Å². The number of benzene rings is 2. The second-order valence-electron chi connectivity index (χ2n) is 5.07. The first-order chi connectivity index (χ1) is 9.02. The van der Waals surface area contributed by atoms with Crippen LogP contribution in [0.2, 0.25) is 0 Å².